The number of fused-ring (bicyclic) bond motifs is 1. The Morgan fingerprint density at radius 1 is 0.946 bits per heavy atom. The number of rotatable bonds is 5. The number of nitrogens with zero attached hydrogens (tertiary/aromatic N) is 6. The first-order chi connectivity index (χ1) is 18.2. The fourth-order valence-corrected chi connectivity index (χ4v) is 6.06. The number of aromatic nitrogens is 3. The zero-order valence-electron chi connectivity index (χ0n) is 21.9. The molecule has 37 heavy (non-hydrogen) atoms. The predicted octanol–water partition coefficient (Wildman–Crippen LogP) is 5.29. The van der Waals surface area contributed by atoms with Gasteiger partial charge in [0.25, 0.3) is 0 Å². The van der Waals surface area contributed by atoms with Crippen LogP contribution in [0.5, 0.6) is 0 Å². The number of para-hydroxylation sites is 1. The first-order valence-corrected chi connectivity index (χ1v) is 13.9. The topological polar surface area (TPSA) is 69.5 Å². The summed E-state index contributed by atoms with van der Waals surface area (Å²) in [4.78, 5) is 23.6. The Kier molecular flexibility index (Phi) is 7.02. The summed E-state index contributed by atoms with van der Waals surface area (Å²) in [7, 11) is 2.17. The predicted molar refractivity (Wildman–Crippen MR) is 150 cm³/mol. The Morgan fingerprint density at radius 2 is 1.86 bits per heavy atom. The molecule has 0 amide bonds. The van der Waals surface area contributed by atoms with Crippen LogP contribution in [0.2, 0.25) is 0 Å². The Bertz CT molecular complexity index is 1250. The Balaban J connectivity index is 1.07. The largest absolute Gasteiger partial charge is 0.374 e. The molecule has 0 spiro atoms. The number of piperidine rings is 1. The third kappa shape index (κ3) is 5.31. The zero-order chi connectivity index (χ0) is 25.0. The minimum Gasteiger partial charge on any atom is -0.374 e. The first kappa shape index (κ1) is 23.9. The van der Waals surface area contributed by atoms with E-state index in [9.17, 15) is 0 Å². The second-order valence-corrected chi connectivity index (χ2v) is 10.6. The average Bonchev–Trinajstić information content (AvgIpc) is 2.97. The molecular weight excluding hydrogens is 458 g/mol. The molecule has 1 aromatic carbocycles. The molecule has 7 nitrogen and oxygen atoms in total. The van der Waals surface area contributed by atoms with Gasteiger partial charge >= 0.3 is 0 Å². The smallest absolute Gasteiger partial charge is 0.144 e. The standard InChI is InChI=1S/C30H37N7/c1-36-13-5-7-24-6-4-8-26(30(24)36)27-20-35-28(21-33-27)34-18-22-16-25(19-31-17-22)23-10-14-37(15-11-23)29-9-2-3-12-32-29/h4,6,8,16-17,19-21,23H,2-3,5,7,9-15,18H2,1H3,(H,34,35). The molecule has 3 aliphatic heterocycles. The van der Waals surface area contributed by atoms with Gasteiger partial charge in [-0.1, -0.05) is 24.3 Å². The van der Waals surface area contributed by atoms with Crippen molar-refractivity contribution in [3.63, 3.8) is 0 Å². The van der Waals surface area contributed by atoms with Crippen molar-refractivity contribution in [2.45, 2.75) is 57.4 Å². The van der Waals surface area contributed by atoms with Gasteiger partial charge in [-0.15, -0.1) is 0 Å². The highest BCUT2D eigenvalue weighted by Gasteiger charge is 2.24. The minimum atomic E-state index is 0.571. The van der Waals surface area contributed by atoms with Crippen LogP contribution < -0.4 is 10.2 Å². The average molecular weight is 496 g/mol. The summed E-state index contributed by atoms with van der Waals surface area (Å²) in [5.74, 6) is 2.70. The molecular formula is C30H37N7. The van der Waals surface area contributed by atoms with Crippen molar-refractivity contribution in [3.8, 4) is 11.3 Å². The lowest BCUT2D eigenvalue weighted by Gasteiger charge is -2.35. The number of aliphatic imine (C=N–C) groups is 1. The third-order valence-corrected chi connectivity index (χ3v) is 8.09. The second kappa shape index (κ2) is 10.9. The van der Waals surface area contributed by atoms with Crippen LogP contribution >= 0.6 is 0 Å². The van der Waals surface area contributed by atoms with Crippen LogP contribution in [0.1, 0.15) is 61.1 Å². The van der Waals surface area contributed by atoms with E-state index in [0.29, 0.717) is 12.5 Å². The minimum absolute atomic E-state index is 0.571. The van der Waals surface area contributed by atoms with Crippen molar-refractivity contribution >= 4 is 17.3 Å². The van der Waals surface area contributed by atoms with E-state index in [1.807, 2.05) is 24.8 Å². The molecule has 1 N–H and O–H groups in total. The monoisotopic (exact) mass is 495 g/mol. The highest BCUT2D eigenvalue weighted by Crippen LogP contribution is 2.35. The molecule has 0 unspecified atom stereocenters. The van der Waals surface area contributed by atoms with Gasteiger partial charge in [-0.05, 0) is 61.1 Å². The fourth-order valence-electron chi connectivity index (χ4n) is 6.06. The second-order valence-electron chi connectivity index (χ2n) is 10.6. The number of nitrogens with one attached hydrogen (secondary N) is 1. The first-order valence-electron chi connectivity index (χ1n) is 13.9. The van der Waals surface area contributed by atoms with Gasteiger partial charge in [-0.3, -0.25) is 15.0 Å². The maximum absolute atomic E-state index is 4.77. The number of pyridine rings is 1. The maximum Gasteiger partial charge on any atom is 0.144 e. The van der Waals surface area contributed by atoms with Gasteiger partial charge in [0.2, 0.25) is 0 Å². The van der Waals surface area contributed by atoms with Crippen LogP contribution in [0.15, 0.2) is 54.0 Å². The van der Waals surface area contributed by atoms with Crippen molar-refractivity contribution in [1.82, 2.24) is 19.9 Å². The molecule has 3 aliphatic rings. The molecule has 0 radical (unpaired) electrons. The van der Waals surface area contributed by atoms with Crippen LogP contribution in [0.4, 0.5) is 11.5 Å². The van der Waals surface area contributed by atoms with E-state index >= 15 is 0 Å². The van der Waals surface area contributed by atoms with Crippen molar-refractivity contribution in [2.24, 2.45) is 4.99 Å². The van der Waals surface area contributed by atoms with E-state index in [0.717, 1.165) is 56.1 Å². The number of anilines is 2. The quantitative estimate of drug-likeness (QED) is 0.518. The number of benzene rings is 1. The Hall–Kier alpha value is -3.48. The molecule has 5 heterocycles. The summed E-state index contributed by atoms with van der Waals surface area (Å²) < 4.78 is 0. The van der Waals surface area contributed by atoms with Crippen molar-refractivity contribution < 1.29 is 0 Å². The fraction of sp³-hybridized carbons (Fsp3) is 0.467. The van der Waals surface area contributed by atoms with Gasteiger partial charge in [0.1, 0.15) is 5.82 Å². The van der Waals surface area contributed by atoms with Crippen LogP contribution in [0.25, 0.3) is 11.3 Å². The lowest BCUT2D eigenvalue weighted by molar-refractivity contribution is 0.304. The van der Waals surface area contributed by atoms with Gasteiger partial charge in [0, 0.05) is 69.8 Å². The number of hydrogen-bond acceptors (Lipinski definition) is 7. The normalized spacial score (nSPS) is 18.4. The third-order valence-electron chi connectivity index (χ3n) is 8.09. The number of aryl methyl sites for hydroxylation is 1. The molecule has 7 heteroatoms. The molecule has 2 aromatic heterocycles. The summed E-state index contributed by atoms with van der Waals surface area (Å²) in [6.45, 7) is 4.99. The van der Waals surface area contributed by atoms with E-state index in [1.165, 1.54) is 60.3 Å². The lowest BCUT2D eigenvalue weighted by atomic mass is 9.89. The van der Waals surface area contributed by atoms with Crippen molar-refractivity contribution in [3.05, 3.63) is 65.7 Å². The van der Waals surface area contributed by atoms with Gasteiger partial charge in [-0.2, -0.15) is 0 Å². The highest BCUT2D eigenvalue weighted by molar-refractivity contribution is 5.83. The van der Waals surface area contributed by atoms with Crippen molar-refractivity contribution in [2.75, 3.05) is 43.4 Å². The highest BCUT2D eigenvalue weighted by atomic mass is 15.2. The SMILES string of the molecule is CN1CCCc2cccc(-c3cnc(NCc4cncc(C5CCN(C6=NCCCC6)CC5)c4)cn3)c21. The molecule has 192 valence electrons. The molecule has 0 bridgehead atoms. The van der Waals surface area contributed by atoms with Gasteiger partial charge < -0.3 is 15.1 Å². The van der Waals surface area contributed by atoms with Gasteiger partial charge in [0.15, 0.2) is 0 Å². The van der Waals surface area contributed by atoms with Crippen molar-refractivity contribution in [1.29, 1.82) is 0 Å². The van der Waals surface area contributed by atoms with E-state index < -0.39 is 0 Å². The van der Waals surface area contributed by atoms with Crippen LogP contribution in [-0.4, -0.2) is 58.9 Å². The zero-order valence-corrected chi connectivity index (χ0v) is 21.9. The summed E-state index contributed by atoms with van der Waals surface area (Å²) in [6.07, 6.45) is 16.1. The van der Waals surface area contributed by atoms with Gasteiger partial charge in [0.05, 0.1) is 23.9 Å². The van der Waals surface area contributed by atoms with Crippen LogP contribution in [-0.2, 0) is 13.0 Å². The molecule has 0 saturated carbocycles. The Morgan fingerprint density at radius 3 is 2.68 bits per heavy atom. The molecule has 1 fully saturated rings. The Labute approximate surface area is 220 Å². The summed E-state index contributed by atoms with van der Waals surface area (Å²) in [5, 5.41) is 3.44. The van der Waals surface area contributed by atoms with E-state index in [2.05, 4.69) is 56.4 Å². The summed E-state index contributed by atoms with van der Waals surface area (Å²) >= 11 is 0. The van der Waals surface area contributed by atoms with Crippen LogP contribution in [0.3, 0.4) is 0 Å². The molecule has 0 atom stereocenters. The number of amidine groups is 1. The van der Waals surface area contributed by atoms with E-state index in [4.69, 9.17) is 9.98 Å². The summed E-state index contributed by atoms with van der Waals surface area (Å²) in [6, 6.07) is 8.83. The van der Waals surface area contributed by atoms with E-state index in [1.54, 1.807) is 0 Å². The van der Waals surface area contributed by atoms with E-state index in [-0.39, 0.29) is 0 Å². The molecule has 6 rings (SSSR count). The number of hydrogen-bond donors (Lipinski definition) is 1. The van der Waals surface area contributed by atoms with Crippen LogP contribution in [0, 0.1) is 0 Å². The number of likely N-dealkylation sites (tertiary alicyclic amines) is 1. The molecule has 0 aliphatic carbocycles. The summed E-state index contributed by atoms with van der Waals surface area (Å²) in [5.41, 5.74) is 7.31. The maximum atomic E-state index is 4.77. The lowest BCUT2D eigenvalue weighted by Crippen LogP contribution is -2.38. The molecule has 3 aromatic rings. The molecule has 1 saturated heterocycles. The van der Waals surface area contributed by atoms with Gasteiger partial charge in [-0.25, -0.2) is 4.98 Å².